The van der Waals surface area contributed by atoms with Gasteiger partial charge in [0.05, 0.1) is 0 Å². The summed E-state index contributed by atoms with van der Waals surface area (Å²) in [6.45, 7) is 1.22. The first-order chi connectivity index (χ1) is 8.75. The molecule has 1 aromatic carbocycles. The van der Waals surface area contributed by atoms with E-state index in [1.807, 2.05) is 0 Å². The molecular weight excluding hydrogens is 286 g/mol. The summed E-state index contributed by atoms with van der Waals surface area (Å²) < 4.78 is 1.23. The summed E-state index contributed by atoms with van der Waals surface area (Å²) in [5.74, 6) is 0.872. The quantitative estimate of drug-likeness (QED) is 0.735. The third-order valence-corrected chi connectivity index (χ3v) is 5.22. The van der Waals surface area contributed by atoms with Gasteiger partial charge in [0, 0.05) is 17.1 Å². The maximum atomic E-state index is 3.64. The molecule has 2 heteroatoms. The lowest BCUT2D eigenvalue weighted by molar-refractivity contribution is 0.134. The molecule has 0 spiro atoms. The van der Waals surface area contributed by atoms with Crippen LogP contribution in [0.4, 0.5) is 0 Å². The maximum Gasteiger partial charge on any atom is 0.0376 e. The normalized spacial score (nSPS) is 26.0. The van der Waals surface area contributed by atoms with Crippen LogP contribution in [0.2, 0.25) is 0 Å². The van der Waals surface area contributed by atoms with E-state index in [0.29, 0.717) is 6.04 Å². The van der Waals surface area contributed by atoms with Crippen LogP contribution in [0.15, 0.2) is 22.7 Å². The third kappa shape index (κ3) is 2.37. The molecule has 0 radical (unpaired) electrons. The molecule has 1 aliphatic carbocycles. The summed E-state index contributed by atoms with van der Waals surface area (Å²) in [7, 11) is 2.31. The zero-order valence-electron chi connectivity index (χ0n) is 11.2. The Bertz CT molecular complexity index is 423. The maximum absolute atomic E-state index is 3.64. The van der Waals surface area contributed by atoms with Crippen molar-refractivity contribution in [3.63, 3.8) is 0 Å². The van der Waals surface area contributed by atoms with Gasteiger partial charge < -0.3 is 0 Å². The number of benzene rings is 1. The van der Waals surface area contributed by atoms with E-state index in [9.17, 15) is 0 Å². The van der Waals surface area contributed by atoms with E-state index in [0.717, 1.165) is 5.92 Å². The molecule has 1 saturated carbocycles. The van der Waals surface area contributed by atoms with Crippen molar-refractivity contribution in [2.45, 2.75) is 44.6 Å². The minimum absolute atomic E-state index is 0.659. The van der Waals surface area contributed by atoms with Gasteiger partial charge in [0.2, 0.25) is 0 Å². The summed E-state index contributed by atoms with van der Waals surface area (Å²) in [4.78, 5) is 2.59. The summed E-state index contributed by atoms with van der Waals surface area (Å²) in [6.07, 6.45) is 8.35. The largest absolute Gasteiger partial charge is 0.299 e. The smallest absolute Gasteiger partial charge is 0.0376 e. The fraction of sp³-hybridized carbons (Fsp3) is 0.625. The average molecular weight is 308 g/mol. The van der Waals surface area contributed by atoms with Crippen LogP contribution in [0.3, 0.4) is 0 Å². The molecule has 18 heavy (non-hydrogen) atoms. The molecule has 1 nitrogen and oxygen atoms in total. The molecule has 1 aliphatic heterocycles. The zero-order valence-corrected chi connectivity index (χ0v) is 12.7. The Hall–Kier alpha value is -0.340. The standard InChI is InChI=1S/C16H22BrN/c1-18-10-9-12-7-8-14(17)11-15(12)16(18)13-5-3-2-4-6-13/h7-8,11,13,16H,2-6,9-10H2,1H3. The predicted octanol–water partition coefficient (Wildman–Crippen LogP) is 4.56. The van der Waals surface area contributed by atoms with Crippen molar-refractivity contribution in [1.82, 2.24) is 4.90 Å². The van der Waals surface area contributed by atoms with E-state index in [2.05, 4.69) is 46.1 Å². The molecule has 0 bridgehead atoms. The van der Waals surface area contributed by atoms with E-state index in [1.54, 1.807) is 11.1 Å². The Kier molecular flexibility index (Phi) is 3.76. The molecule has 1 fully saturated rings. The van der Waals surface area contributed by atoms with Crippen LogP contribution in [-0.2, 0) is 6.42 Å². The van der Waals surface area contributed by atoms with Crippen molar-refractivity contribution >= 4 is 15.9 Å². The molecule has 0 N–H and O–H groups in total. The fourth-order valence-corrected chi connectivity index (χ4v) is 4.18. The van der Waals surface area contributed by atoms with Crippen molar-refractivity contribution in [1.29, 1.82) is 0 Å². The Morgan fingerprint density at radius 3 is 2.72 bits per heavy atom. The molecule has 0 amide bonds. The molecule has 0 aromatic heterocycles. The first kappa shape index (κ1) is 12.7. The van der Waals surface area contributed by atoms with Gasteiger partial charge in [0.25, 0.3) is 0 Å². The molecule has 3 rings (SSSR count). The highest BCUT2D eigenvalue weighted by Crippen LogP contribution is 2.41. The van der Waals surface area contributed by atoms with Gasteiger partial charge in [-0.2, -0.15) is 0 Å². The highest BCUT2D eigenvalue weighted by Gasteiger charge is 2.32. The fourth-order valence-electron chi connectivity index (χ4n) is 3.81. The number of fused-ring (bicyclic) bond motifs is 1. The molecule has 1 aromatic rings. The highest BCUT2D eigenvalue weighted by atomic mass is 79.9. The first-order valence-corrected chi connectivity index (χ1v) is 8.03. The van der Waals surface area contributed by atoms with Crippen LogP contribution >= 0.6 is 15.9 Å². The summed E-state index contributed by atoms with van der Waals surface area (Å²) in [5.41, 5.74) is 3.16. The van der Waals surface area contributed by atoms with Gasteiger partial charge in [-0.15, -0.1) is 0 Å². The number of hydrogen-bond acceptors (Lipinski definition) is 1. The number of nitrogens with zero attached hydrogens (tertiary/aromatic N) is 1. The zero-order chi connectivity index (χ0) is 12.5. The van der Waals surface area contributed by atoms with E-state index in [1.165, 1.54) is 49.5 Å². The summed E-state index contributed by atoms with van der Waals surface area (Å²) in [6, 6.07) is 7.54. The van der Waals surface area contributed by atoms with Crippen LogP contribution < -0.4 is 0 Å². The van der Waals surface area contributed by atoms with Crippen molar-refractivity contribution in [2.75, 3.05) is 13.6 Å². The van der Waals surface area contributed by atoms with Gasteiger partial charge in [-0.3, -0.25) is 4.90 Å². The van der Waals surface area contributed by atoms with Crippen LogP contribution in [-0.4, -0.2) is 18.5 Å². The van der Waals surface area contributed by atoms with Gasteiger partial charge in [0.15, 0.2) is 0 Å². The lowest BCUT2D eigenvalue weighted by Crippen LogP contribution is -2.37. The van der Waals surface area contributed by atoms with E-state index >= 15 is 0 Å². The van der Waals surface area contributed by atoms with Crippen LogP contribution in [0.25, 0.3) is 0 Å². The lowest BCUT2D eigenvalue weighted by atomic mass is 9.77. The Morgan fingerprint density at radius 1 is 1.17 bits per heavy atom. The predicted molar refractivity (Wildman–Crippen MR) is 79.8 cm³/mol. The molecule has 0 saturated heterocycles. The van der Waals surface area contributed by atoms with Gasteiger partial charge in [-0.05, 0) is 55.5 Å². The second-order valence-corrected chi connectivity index (χ2v) is 6.83. The number of halogens is 1. The highest BCUT2D eigenvalue weighted by molar-refractivity contribution is 9.10. The molecule has 1 atom stereocenters. The van der Waals surface area contributed by atoms with Crippen LogP contribution in [0, 0.1) is 5.92 Å². The van der Waals surface area contributed by atoms with Crippen molar-refractivity contribution in [2.24, 2.45) is 5.92 Å². The lowest BCUT2D eigenvalue weighted by Gasteiger charge is -2.41. The van der Waals surface area contributed by atoms with Crippen LogP contribution in [0.5, 0.6) is 0 Å². The molecule has 98 valence electrons. The van der Waals surface area contributed by atoms with E-state index < -0.39 is 0 Å². The third-order valence-electron chi connectivity index (χ3n) is 4.73. The second kappa shape index (κ2) is 5.34. The summed E-state index contributed by atoms with van der Waals surface area (Å²) in [5, 5.41) is 0. The topological polar surface area (TPSA) is 3.24 Å². The average Bonchev–Trinajstić information content (AvgIpc) is 2.39. The van der Waals surface area contributed by atoms with E-state index in [4.69, 9.17) is 0 Å². The number of hydrogen-bond donors (Lipinski definition) is 0. The minimum Gasteiger partial charge on any atom is -0.299 e. The van der Waals surface area contributed by atoms with Crippen molar-refractivity contribution in [3.05, 3.63) is 33.8 Å². The summed E-state index contributed by atoms with van der Waals surface area (Å²) >= 11 is 3.64. The number of rotatable bonds is 1. The minimum atomic E-state index is 0.659. The second-order valence-electron chi connectivity index (χ2n) is 5.92. The van der Waals surface area contributed by atoms with Gasteiger partial charge >= 0.3 is 0 Å². The SMILES string of the molecule is CN1CCc2ccc(Br)cc2C1C1CCCCC1. The first-order valence-electron chi connectivity index (χ1n) is 7.24. The van der Waals surface area contributed by atoms with Gasteiger partial charge in [-0.1, -0.05) is 41.3 Å². The van der Waals surface area contributed by atoms with Gasteiger partial charge in [0.1, 0.15) is 0 Å². The van der Waals surface area contributed by atoms with Gasteiger partial charge in [-0.25, -0.2) is 0 Å². The van der Waals surface area contributed by atoms with Crippen molar-refractivity contribution in [3.8, 4) is 0 Å². The monoisotopic (exact) mass is 307 g/mol. The van der Waals surface area contributed by atoms with E-state index in [-0.39, 0.29) is 0 Å². The number of likely N-dealkylation sites (N-methyl/N-ethyl adjacent to an activating group) is 1. The molecule has 1 heterocycles. The molecular formula is C16H22BrN. The molecule has 1 unspecified atom stereocenters. The Labute approximate surface area is 119 Å². The molecule has 2 aliphatic rings. The Balaban J connectivity index is 1.95. The van der Waals surface area contributed by atoms with Crippen molar-refractivity contribution < 1.29 is 0 Å². The van der Waals surface area contributed by atoms with Crippen LogP contribution in [0.1, 0.15) is 49.3 Å². The Morgan fingerprint density at radius 2 is 1.94 bits per heavy atom.